The number of pyridine rings is 1. The van der Waals surface area contributed by atoms with E-state index < -0.39 is 5.63 Å². The molecule has 7 rings (SSSR count). The van der Waals surface area contributed by atoms with Crippen LogP contribution in [0.5, 0.6) is 0 Å². The number of anilines is 2. The summed E-state index contributed by atoms with van der Waals surface area (Å²) in [5.74, 6) is 0.805. The number of unbranched alkanes of at least 4 members (excludes halogenated alkanes) is 1. The molecule has 0 saturated heterocycles. The number of aromatic amines is 2. The monoisotopic (exact) mass is 653 g/mol. The highest BCUT2D eigenvalue weighted by molar-refractivity contribution is 6.31. The summed E-state index contributed by atoms with van der Waals surface area (Å²) in [7, 11) is 3.84. The second-order valence-corrected chi connectivity index (χ2v) is 13.6. The standard InChI is InChI=1S/C36H38ClN7O3/c1-43(2)27-7-9-28-23(16-34(46)47-32(28)18-27)15-33(45)39-19-26-20-44(42-41-26)10-4-3-5-21-11-22-13-24(12-21)35-31(14-22)40-30-17-25(37)6-8-29(30)36(35)38/h6-9,11,16-18,20,22,24H,3-5,10,12-15,19H2,1-2H3,(H3,38,39,40,45)/p+2. The molecule has 47 heavy (non-hydrogen) atoms. The Morgan fingerprint density at radius 3 is 2.87 bits per heavy atom. The van der Waals surface area contributed by atoms with Gasteiger partial charge in [0.25, 0.3) is 0 Å². The van der Waals surface area contributed by atoms with Gasteiger partial charge in [-0.3, -0.25) is 4.79 Å². The number of carbonyl (C=O) groups is 1. The second-order valence-electron chi connectivity index (χ2n) is 13.1. The van der Waals surface area contributed by atoms with Gasteiger partial charge in [-0.25, -0.2) is 9.78 Å². The molecule has 2 atom stereocenters. The Kier molecular flexibility index (Phi) is 8.44. The van der Waals surface area contributed by atoms with Gasteiger partial charge >= 0.3 is 5.63 Å². The van der Waals surface area contributed by atoms with Crippen LogP contribution in [0.1, 0.15) is 60.5 Å². The minimum Gasteiger partial charge on any atom is -0.423 e. The molecule has 0 saturated carbocycles. The van der Waals surface area contributed by atoms with Gasteiger partial charge in [0.05, 0.1) is 24.0 Å². The lowest BCUT2D eigenvalue weighted by atomic mass is 9.70. The number of allylic oxidation sites excluding steroid dienone is 2. The number of aromatic nitrogens is 4. The average Bonchev–Trinajstić information content (AvgIpc) is 3.49. The van der Waals surface area contributed by atoms with Crippen LogP contribution in [0.4, 0.5) is 11.4 Å². The van der Waals surface area contributed by atoms with Crippen LogP contribution in [-0.4, -0.2) is 30.3 Å². The average molecular weight is 654 g/mol. The zero-order chi connectivity index (χ0) is 32.7. The molecule has 0 fully saturated rings. The number of nitrogens with one attached hydrogen (secondary N) is 3. The number of benzene rings is 2. The van der Waals surface area contributed by atoms with Gasteiger partial charge in [0.2, 0.25) is 17.1 Å². The minimum atomic E-state index is -0.472. The van der Waals surface area contributed by atoms with Gasteiger partial charge in [0, 0.05) is 65.5 Å². The molecule has 11 heteroatoms. The maximum Gasteiger partial charge on any atom is 0.336 e. The number of nitrogens with two attached hydrogens (primary N) is 1. The molecule has 3 heterocycles. The van der Waals surface area contributed by atoms with Gasteiger partial charge in [-0.05, 0) is 73.8 Å². The van der Waals surface area contributed by atoms with Crippen LogP contribution in [-0.2, 0) is 30.7 Å². The van der Waals surface area contributed by atoms with E-state index in [2.05, 4.69) is 26.7 Å². The number of nitrogens with zero attached hydrogens (tertiary/aromatic N) is 3. The van der Waals surface area contributed by atoms with E-state index in [1.807, 2.05) is 66.3 Å². The van der Waals surface area contributed by atoms with Crippen LogP contribution in [0.25, 0.3) is 21.9 Å². The van der Waals surface area contributed by atoms with E-state index in [1.165, 1.54) is 22.9 Å². The molecule has 1 amide bonds. The third-order valence-corrected chi connectivity index (χ3v) is 9.77. The van der Waals surface area contributed by atoms with Crippen molar-refractivity contribution >= 4 is 50.8 Å². The van der Waals surface area contributed by atoms with Crippen molar-refractivity contribution in [1.29, 1.82) is 0 Å². The molecule has 10 nitrogen and oxygen atoms in total. The van der Waals surface area contributed by atoms with E-state index in [1.54, 1.807) is 0 Å². The summed E-state index contributed by atoms with van der Waals surface area (Å²) < 4.78 is 7.35. The van der Waals surface area contributed by atoms with Crippen LogP contribution < -0.4 is 31.2 Å². The van der Waals surface area contributed by atoms with Crippen molar-refractivity contribution < 1.29 is 18.9 Å². The van der Waals surface area contributed by atoms with E-state index in [0.29, 0.717) is 34.5 Å². The fourth-order valence-corrected chi connectivity index (χ4v) is 7.50. The SMILES string of the molecule is CN(C)c1ccc2c(CC(=O)NCc3c[n+](CCCCC4=CC5Cc6[nH+]c7cc(Cl)ccc7c(N)c6C(C4)C5)[nH]n3)cc(=O)oc2c1. The summed E-state index contributed by atoms with van der Waals surface area (Å²) in [5.41, 5.74) is 15.0. The van der Waals surface area contributed by atoms with Crippen molar-refractivity contribution in [2.24, 2.45) is 5.92 Å². The zero-order valence-electron chi connectivity index (χ0n) is 26.7. The van der Waals surface area contributed by atoms with E-state index in [9.17, 15) is 9.59 Å². The molecule has 5 aromatic rings. The second kappa shape index (κ2) is 12.8. The lowest BCUT2D eigenvalue weighted by Crippen LogP contribution is -2.35. The number of H-pyrrole nitrogens is 2. The number of carbonyl (C=O) groups excluding carboxylic acids is 1. The Bertz CT molecular complexity index is 2080. The molecule has 0 aliphatic heterocycles. The Morgan fingerprint density at radius 1 is 1.17 bits per heavy atom. The Balaban J connectivity index is 0.894. The predicted octanol–water partition coefficient (Wildman–Crippen LogP) is 4.78. The summed E-state index contributed by atoms with van der Waals surface area (Å²) in [6.07, 6.45) is 10.9. The lowest BCUT2D eigenvalue weighted by molar-refractivity contribution is -0.754. The molecular weight excluding hydrogens is 614 g/mol. The molecule has 0 radical (unpaired) electrons. The Hall–Kier alpha value is -4.70. The van der Waals surface area contributed by atoms with Crippen LogP contribution in [0, 0.1) is 5.92 Å². The number of nitrogen functional groups attached to an aromatic ring is 1. The van der Waals surface area contributed by atoms with Gasteiger partial charge in [-0.1, -0.05) is 28.5 Å². The predicted molar refractivity (Wildman–Crippen MR) is 182 cm³/mol. The van der Waals surface area contributed by atoms with Crippen LogP contribution >= 0.6 is 11.6 Å². The number of hydrogen-bond acceptors (Lipinski definition) is 6. The van der Waals surface area contributed by atoms with Crippen LogP contribution in [0.15, 0.2) is 69.5 Å². The van der Waals surface area contributed by atoms with Crippen molar-refractivity contribution in [1.82, 2.24) is 15.6 Å². The summed E-state index contributed by atoms with van der Waals surface area (Å²) in [4.78, 5) is 30.5. The smallest absolute Gasteiger partial charge is 0.336 e. The summed E-state index contributed by atoms with van der Waals surface area (Å²) >= 11 is 6.24. The quantitative estimate of drug-likeness (QED) is 0.0860. The number of rotatable bonds is 10. The van der Waals surface area contributed by atoms with Crippen LogP contribution in [0.2, 0.25) is 5.02 Å². The molecule has 2 aliphatic rings. The molecule has 2 unspecified atom stereocenters. The van der Waals surface area contributed by atoms with E-state index in [-0.39, 0.29) is 12.3 Å². The highest BCUT2D eigenvalue weighted by Gasteiger charge is 2.36. The van der Waals surface area contributed by atoms with Gasteiger partial charge in [-0.15, -0.1) is 0 Å². The van der Waals surface area contributed by atoms with Crippen LogP contribution in [0.3, 0.4) is 0 Å². The first-order chi connectivity index (χ1) is 22.7. The van der Waals surface area contributed by atoms with Gasteiger partial charge in [0.1, 0.15) is 12.1 Å². The fraction of sp³-hybridized carbons (Fsp3) is 0.361. The van der Waals surface area contributed by atoms with Gasteiger partial charge < -0.3 is 20.4 Å². The molecule has 5 N–H and O–H groups in total. The van der Waals surface area contributed by atoms with Crippen molar-refractivity contribution in [2.75, 3.05) is 24.7 Å². The summed E-state index contributed by atoms with van der Waals surface area (Å²) in [5, 5.41) is 12.9. The zero-order valence-corrected chi connectivity index (χ0v) is 27.5. The molecule has 242 valence electrons. The van der Waals surface area contributed by atoms with Gasteiger partial charge in [0.15, 0.2) is 11.9 Å². The first kappa shape index (κ1) is 30.9. The van der Waals surface area contributed by atoms with Gasteiger partial charge in [-0.2, -0.15) is 4.68 Å². The maximum atomic E-state index is 12.8. The van der Waals surface area contributed by atoms with Crippen molar-refractivity contribution in [2.45, 2.75) is 64.0 Å². The molecule has 2 bridgehead atoms. The largest absolute Gasteiger partial charge is 0.423 e. The highest BCUT2D eigenvalue weighted by Crippen LogP contribution is 2.46. The Labute approximate surface area is 277 Å². The van der Waals surface area contributed by atoms with Crippen molar-refractivity contribution in [3.63, 3.8) is 0 Å². The first-order valence-electron chi connectivity index (χ1n) is 16.3. The molecular formula is C36H40ClN7O3+2. The summed E-state index contributed by atoms with van der Waals surface area (Å²) in [6, 6.07) is 12.9. The number of fused-ring (bicyclic) bond motifs is 6. The topological polar surface area (TPSA) is 135 Å². The Morgan fingerprint density at radius 2 is 2.02 bits per heavy atom. The summed E-state index contributed by atoms with van der Waals surface area (Å²) in [6.45, 7) is 1.12. The first-order valence-corrected chi connectivity index (χ1v) is 16.6. The minimum absolute atomic E-state index is 0.0767. The number of amides is 1. The number of aryl methyl sites for hydroxylation is 1. The van der Waals surface area contributed by atoms with E-state index in [0.717, 1.165) is 78.4 Å². The molecule has 2 aromatic carbocycles. The molecule has 2 aliphatic carbocycles. The third kappa shape index (κ3) is 6.60. The third-order valence-electron chi connectivity index (χ3n) is 9.54. The highest BCUT2D eigenvalue weighted by atomic mass is 35.5. The number of hydrogen-bond donors (Lipinski definition) is 3. The fourth-order valence-electron chi connectivity index (χ4n) is 7.33. The van der Waals surface area contributed by atoms with Crippen molar-refractivity contribution in [3.05, 3.63) is 98.3 Å². The van der Waals surface area contributed by atoms with Crippen molar-refractivity contribution in [3.8, 4) is 0 Å². The molecule has 3 aromatic heterocycles. The van der Waals surface area contributed by atoms with E-state index in [4.69, 9.17) is 21.8 Å². The lowest BCUT2D eigenvalue weighted by Gasteiger charge is -2.34. The normalized spacial score (nSPS) is 17.0. The maximum absolute atomic E-state index is 12.8. The molecule has 0 spiro atoms. The number of halogens is 1. The van der Waals surface area contributed by atoms with E-state index >= 15 is 0 Å².